The standard InChI is InChI=1S/C19H24O/c1-14-8-7-9-15(2)19(14)13-18(20)12-16(3)17-10-5-4-6-11-17/h4-11,16,18,20H,12-13H2,1-3H3. The average molecular weight is 268 g/mol. The normalized spacial score (nSPS) is 14.0. The van der Waals surface area contributed by atoms with Crippen molar-refractivity contribution in [2.75, 3.05) is 0 Å². The highest BCUT2D eigenvalue weighted by Crippen LogP contribution is 2.23. The molecule has 2 atom stereocenters. The lowest BCUT2D eigenvalue weighted by atomic mass is 9.90. The van der Waals surface area contributed by atoms with Crippen LogP contribution in [-0.4, -0.2) is 11.2 Å². The largest absolute Gasteiger partial charge is 0.393 e. The molecule has 0 heterocycles. The first-order chi connectivity index (χ1) is 9.58. The fourth-order valence-electron chi connectivity index (χ4n) is 2.82. The third-order valence-corrected chi connectivity index (χ3v) is 4.08. The van der Waals surface area contributed by atoms with Gasteiger partial charge in [0.15, 0.2) is 0 Å². The van der Waals surface area contributed by atoms with E-state index < -0.39 is 0 Å². The van der Waals surface area contributed by atoms with Gasteiger partial charge in [-0.1, -0.05) is 55.5 Å². The molecular formula is C19H24O. The first-order valence-corrected chi connectivity index (χ1v) is 7.36. The van der Waals surface area contributed by atoms with E-state index in [1.54, 1.807) is 0 Å². The van der Waals surface area contributed by atoms with Crippen molar-refractivity contribution in [1.29, 1.82) is 0 Å². The van der Waals surface area contributed by atoms with Gasteiger partial charge in [0.05, 0.1) is 6.10 Å². The molecule has 0 aliphatic rings. The molecule has 20 heavy (non-hydrogen) atoms. The second-order valence-corrected chi connectivity index (χ2v) is 5.78. The van der Waals surface area contributed by atoms with Gasteiger partial charge < -0.3 is 5.11 Å². The minimum atomic E-state index is -0.287. The maximum atomic E-state index is 10.4. The van der Waals surface area contributed by atoms with Gasteiger partial charge in [-0.15, -0.1) is 0 Å². The lowest BCUT2D eigenvalue weighted by Crippen LogP contribution is -2.15. The molecule has 0 aliphatic heterocycles. The van der Waals surface area contributed by atoms with Gasteiger partial charge in [0.2, 0.25) is 0 Å². The SMILES string of the molecule is Cc1cccc(C)c1CC(O)CC(C)c1ccccc1. The van der Waals surface area contributed by atoms with Crippen LogP contribution in [0.1, 0.15) is 41.5 Å². The smallest absolute Gasteiger partial charge is 0.0586 e. The molecule has 106 valence electrons. The summed E-state index contributed by atoms with van der Waals surface area (Å²) < 4.78 is 0. The molecule has 1 heteroatoms. The third kappa shape index (κ3) is 3.71. The van der Waals surface area contributed by atoms with Gasteiger partial charge in [-0.3, -0.25) is 0 Å². The molecule has 1 N–H and O–H groups in total. The first kappa shape index (κ1) is 14.8. The Kier molecular flexibility index (Phi) is 4.97. The number of hydrogen-bond acceptors (Lipinski definition) is 1. The van der Waals surface area contributed by atoms with Gasteiger partial charge in [-0.2, -0.15) is 0 Å². The molecule has 0 aromatic heterocycles. The minimum absolute atomic E-state index is 0.287. The predicted molar refractivity (Wildman–Crippen MR) is 85.1 cm³/mol. The number of aryl methyl sites for hydroxylation is 2. The van der Waals surface area contributed by atoms with Crippen molar-refractivity contribution in [2.45, 2.75) is 45.6 Å². The summed E-state index contributed by atoms with van der Waals surface area (Å²) in [5.41, 5.74) is 5.14. The van der Waals surface area contributed by atoms with E-state index >= 15 is 0 Å². The number of benzene rings is 2. The molecule has 0 saturated carbocycles. The van der Waals surface area contributed by atoms with Crippen LogP contribution in [0.15, 0.2) is 48.5 Å². The molecule has 0 spiro atoms. The molecule has 0 amide bonds. The number of aliphatic hydroxyl groups excluding tert-OH is 1. The summed E-state index contributed by atoms with van der Waals surface area (Å²) >= 11 is 0. The van der Waals surface area contributed by atoms with Crippen LogP contribution < -0.4 is 0 Å². The van der Waals surface area contributed by atoms with Crippen LogP contribution in [0.2, 0.25) is 0 Å². The summed E-state index contributed by atoms with van der Waals surface area (Å²) in [5, 5.41) is 10.4. The van der Waals surface area contributed by atoms with Crippen LogP contribution in [0.5, 0.6) is 0 Å². The molecule has 2 rings (SSSR count). The van der Waals surface area contributed by atoms with E-state index in [0.717, 1.165) is 12.8 Å². The van der Waals surface area contributed by atoms with Gasteiger partial charge in [0.1, 0.15) is 0 Å². The predicted octanol–water partition coefficient (Wildman–Crippen LogP) is 4.40. The van der Waals surface area contributed by atoms with Gasteiger partial charge >= 0.3 is 0 Å². The maximum Gasteiger partial charge on any atom is 0.0586 e. The van der Waals surface area contributed by atoms with Crippen LogP contribution >= 0.6 is 0 Å². The van der Waals surface area contributed by atoms with Crippen molar-refractivity contribution in [3.8, 4) is 0 Å². The van der Waals surface area contributed by atoms with Crippen molar-refractivity contribution < 1.29 is 5.11 Å². The quantitative estimate of drug-likeness (QED) is 0.852. The van der Waals surface area contributed by atoms with Gasteiger partial charge in [-0.25, -0.2) is 0 Å². The zero-order valence-electron chi connectivity index (χ0n) is 12.6. The van der Waals surface area contributed by atoms with E-state index in [-0.39, 0.29) is 6.10 Å². The average Bonchev–Trinajstić information content (AvgIpc) is 2.44. The summed E-state index contributed by atoms with van der Waals surface area (Å²) in [7, 11) is 0. The van der Waals surface area contributed by atoms with Crippen LogP contribution in [0.4, 0.5) is 0 Å². The van der Waals surface area contributed by atoms with Crippen LogP contribution in [0, 0.1) is 13.8 Å². The Morgan fingerprint density at radius 2 is 1.50 bits per heavy atom. The Labute approximate surface area is 122 Å². The molecule has 2 aromatic rings. The van der Waals surface area contributed by atoms with Crippen LogP contribution in [0.3, 0.4) is 0 Å². The lowest BCUT2D eigenvalue weighted by Gasteiger charge is -2.19. The Hall–Kier alpha value is -1.60. The summed E-state index contributed by atoms with van der Waals surface area (Å²) in [6.07, 6.45) is 1.26. The summed E-state index contributed by atoms with van der Waals surface area (Å²) in [6.45, 7) is 6.43. The van der Waals surface area contributed by atoms with Crippen LogP contribution in [0.25, 0.3) is 0 Å². The van der Waals surface area contributed by atoms with Gasteiger partial charge in [0, 0.05) is 0 Å². The molecule has 0 aliphatic carbocycles. The molecule has 0 saturated heterocycles. The van der Waals surface area contributed by atoms with Crippen molar-refractivity contribution >= 4 is 0 Å². The van der Waals surface area contributed by atoms with Gasteiger partial charge in [0.25, 0.3) is 0 Å². The fraction of sp³-hybridized carbons (Fsp3) is 0.368. The van der Waals surface area contributed by atoms with E-state index in [0.29, 0.717) is 5.92 Å². The highest BCUT2D eigenvalue weighted by molar-refractivity contribution is 5.34. The molecule has 1 nitrogen and oxygen atoms in total. The van der Waals surface area contributed by atoms with Crippen LogP contribution in [-0.2, 0) is 6.42 Å². The lowest BCUT2D eigenvalue weighted by molar-refractivity contribution is 0.157. The van der Waals surface area contributed by atoms with E-state index in [1.165, 1.54) is 22.3 Å². The Bertz CT molecular complexity index is 525. The van der Waals surface area contributed by atoms with Crippen molar-refractivity contribution in [3.05, 3.63) is 70.8 Å². The van der Waals surface area contributed by atoms with E-state index in [2.05, 4.69) is 63.2 Å². The molecule has 2 aromatic carbocycles. The molecule has 2 unspecified atom stereocenters. The number of aliphatic hydroxyl groups is 1. The Balaban J connectivity index is 2.01. The maximum absolute atomic E-state index is 10.4. The topological polar surface area (TPSA) is 20.2 Å². The Morgan fingerprint density at radius 3 is 2.10 bits per heavy atom. The fourth-order valence-corrected chi connectivity index (χ4v) is 2.82. The van der Waals surface area contributed by atoms with E-state index in [9.17, 15) is 5.11 Å². The summed E-state index contributed by atoms with van der Waals surface area (Å²) in [5.74, 6) is 0.385. The number of rotatable bonds is 5. The zero-order valence-corrected chi connectivity index (χ0v) is 12.6. The minimum Gasteiger partial charge on any atom is -0.393 e. The highest BCUT2D eigenvalue weighted by atomic mass is 16.3. The number of hydrogen-bond donors (Lipinski definition) is 1. The first-order valence-electron chi connectivity index (χ1n) is 7.36. The van der Waals surface area contributed by atoms with E-state index in [1.807, 2.05) is 6.07 Å². The monoisotopic (exact) mass is 268 g/mol. The zero-order chi connectivity index (χ0) is 14.5. The third-order valence-electron chi connectivity index (χ3n) is 4.08. The van der Waals surface area contributed by atoms with Gasteiger partial charge in [-0.05, 0) is 54.9 Å². The van der Waals surface area contributed by atoms with E-state index in [4.69, 9.17) is 0 Å². The Morgan fingerprint density at radius 1 is 0.900 bits per heavy atom. The highest BCUT2D eigenvalue weighted by Gasteiger charge is 2.14. The summed E-state index contributed by atoms with van der Waals surface area (Å²) in [6, 6.07) is 16.7. The molecular weight excluding hydrogens is 244 g/mol. The second-order valence-electron chi connectivity index (χ2n) is 5.78. The molecule has 0 bridgehead atoms. The second kappa shape index (κ2) is 6.71. The summed E-state index contributed by atoms with van der Waals surface area (Å²) in [4.78, 5) is 0. The van der Waals surface area contributed by atoms with Crippen molar-refractivity contribution in [1.82, 2.24) is 0 Å². The van der Waals surface area contributed by atoms with Crippen molar-refractivity contribution in [3.63, 3.8) is 0 Å². The molecule has 0 radical (unpaired) electrons. The molecule has 0 fully saturated rings. The van der Waals surface area contributed by atoms with Crippen molar-refractivity contribution in [2.24, 2.45) is 0 Å².